The molecule has 0 atom stereocenters. The second-order valence-corrected chi connectivity index (χ2v) is 5.98. The third-order valence-electron chi connectivity index (χ3n) is 4.36. The quantitative estimate of drug-likeness (QED) is 0.718. The highest BCUT2D eigenvalue weighted by molar-refractivity contribution is 5.20. The summed E-state index contributed by atoms with van der Waals surface area (Å²) in [4.78, 5) is 5.13. The highest BCUT2D eigenvalue weighted by Gasteiger charge is 2.19. The summed E-state index contributed by atoms with van der Waals surface area (Å²) in [7, 11) is 0. The number of aromatic nitrogens is 1. The standard InChI is InChI=1S/C16H29N3O/c1-4-5-6-7-8-18-9-11-19(12-10-18)13-16-14(2)17-20-15(16)3/h4-13H2,1-3H3. The van der Waals surface area contributed by atoms with E-state index in [0.717, 1.165) is 31.1 Å². The molecule has 0 saturated carbocycles. The fraction of sp³-hybridized carbons (Fsp3) is 0.812. The van der Waals surface area contributed by atoms with Crippen LogP contribution in [0.4, 0.5) is 0 Å². The van der Waals surface area contributed by atoms with E-state index in [-0.39, 0.29) is 0 Å². The Morgan fingerprint density at radius 3 is 2.30 bits per heavy atom. The molecule has 1 aliphatic heterocycles. The third-order valence-corrected chi connectivity index (χ3v) is 4.36. The average Bonchev–Trinajstić information content (AvgIpc) is 2.77. The minimum atomic E-state index is 0.976. The summed E-state index contributed by atoms with van der Waals surface area (Å²) >= 11 is 0. The topological polar surface area (TPSA) is 32.5 Å². The number of hydrogen-bond acceptors (Lipinski definition) is 4. The van der Waals surface area contributed by atoms with Crippen LogP contribution in [0.5, 0.6) is 0 Å². The van der Waals surface area contributed by atoms with E-state index in [0.29, 0.717) is 0 Å². The molecule has 114 valence electrons. The van der Waals surface area contributed by atoms with Gasteiger partial charge in [0.05, 0.1) is 5.69 Å². The average molecular weight is 279 g/mol. The van der Waals surface area contributed by atoms with Crippen molar-refractivity contribution in [1.82, 2.24) is 15.0 Å². The second-order valence-electron chi connectivity index (χ2n) is 5.98. The first-order valence-electron chi connectivity index (χ1n) is 8.07. The third kappa shape index (κ3) is 4.32. The minimum Gasteiger partial charge on any atom is -0.361 e. The normalized spacial score (nSPS) is 17.8. The highest BCUT2D eigenvalue weighted by Crippen LogP contribution is 2.16. The van der Waals surface area contributed by atoms with Gasteiger partial charge in [-0.3, -0.25) is 4.90 Å². The van der Waals surface area contributed by atoms with Crippen LogP contribution < -0.4 is 0 Å². The number of nitrogens with zero attached hydrogens (tertiary/aromatic N) is 3. The maximum absolute atomic E-state index is 5.25. The van der Waals surface area contributed by atoms with E-state index in [2.05, 4.69) is 21.9 Å². The Balaban J connectivity index is 1.69. The first kappa shape index (κ1) is 15.5. The van der Waals surface area contributed by atoms with Gasteiger partial charge in [0.25, 0.3) is 0 Å². The Bertz CT molecular complexity index is 375. The van der Waals surface area contributed by atoms with E-state index in [4.69, 9.17) is 4.52 Å². The molecule has 1 saturated heterocycles. The van der Waals surface area contributed by atoms with Crippen molar-refractivity contribution in [1.29, 1.82) is 0 Å². The molecule has 4 nitrogen and oxygen atoms in total. The fourth-order valence-electron chi connectivity index (χ4n) is 2.88. The van der Waals surface area contributed by atoms with Gasteiger partial charge in [-0.1, -0.05) is 31.3 Å². The van der Waals surface area contributed by atoms with Gasteiger partial charge in [0.15, 0.2) is 0 Å². The molecule has 20 heavy (non-hydrogen) atoms. The Morgan fingerprint density at radius 1 is 1.00 bits per heavy atom. The van der Waals surface area contributed by atoms with Crippen LogP contribution in [0.25, 0.3) is 0 Å². The predicted molar refractivity (Wildman–Crippen MR) is 81.8 cm³/mol. The van der Waals surface area contributed by atoms with Crippen molar-refractivity contribution in [3.8, 4) is 0 Å². The summed E-state index contributed by atoms with van der Waals surface area (Å²) in [5.74, 6) is 0.976. The van der Waals surface area contributed by atoms with Gasteiger partial charge in [-0.2, -0.15) is 0 Å². The molecule has 1 aromatic heterocycles. The molecular formula is C16H29N3O. The largest absolute Gasteiger partial charge is 0.361 e. The summed E-state index contributed by atoms with van der Waals surface area (Å²) in [6, 6.07) is 0. The predicted octanol–water partition coefficient (Wildman–Crippen LogP) is 2.99. The molecule has 1 aromatic rings. The Labute approximate surface area is 123 Å². The molecule has 1 fully saturated rings. The van der Waals surface area contributed by atoms with Gasteiger partial charge in [0.2, 0.25) is 0 Å². The van der Waals surface area contributed by atoms with Gasteiger partial charge in [0.1, 0.15) is 5.76 Å². The van der Waals surface area contributed by atoms with Crippen LogP contribution in [0.15, 0.2) is 4.52 Å². The zero-order valence-electron chi connectivity index (χ0n) is 13.3. The van der Waals surface area contributed by atoms with Crippen molar-refractivity contribution in [3.05, 3.63) is 17.0 Å². The molecule has 1 aliphatic rings. The van der Waals surface area contributed by atoms with Crippen LogP contribution in [0, 0.1) is 13.8 Å². The lowest BCUT2D eigenvalue weighted by atomic mass is 10.1. The van der Waals surface area contributed by atoms with Crippen LogP contribution in [-0.4, -0.2) is 47.7 Å². The van der Waals surface area contributed by atoms with Gasteiger partial charge in [-0.15, -0.1) is 0 Å². The van der Waals surface area contributed by atoms with Gasteiger partial charge in [-0.25, -0.2) is 0 Å². The summed E-state index contributed by atoms with van der Waals surface area (Å²) in [5, 5.41) is 4.04. The molecule has 0 aromatic carbocycles. The Hall–Kier alpha value is -0.870. The fourth-order valence-corrected chi connectivity index (χ4v) is 2.88. The Kier molecular flexibility index (Phi) is 6.05. The molecule has 0 bridgehead atoms. The van der Waals surface area contributed by atoms with Crippen molar-refractivity contribution >= 4 is 0 Å². The lowest BCUT2D eigenvalue weighted by Crippen LogP contribution is -2.46. The summed E-state index contributed by atoms with van der Waals surface area (Å²) in [5.41, 5.74) is 2.32. The molecule has 0 aliphatic carbocycles. The van der Waals surface area contributed by atoms with Crippen molar-refractivity contribution in [2.45, 2.75) is 53.0 Å². The van der Waals surface area contributed by atoms with Gasteiger partial charge in [0, 0.05) is 38.3 Å². The number of piperazine rings is 1. The van der Waals surface area contributed by atoms with E-state index >= 15 is 0 Å². The lowest BCUT2D eigenvalue weighted by molar-refractivity contribution is 0.125. The molecule has 0 radical (unpaired) electrons. The van der Waals surface area contributed by atoms with Crippen LogP contribution >= 0.6 is 0 Å². The molecule has 4 heteroatoms. The maximum Gasteiger partial charge on any atom is 0.138 e. The van der Waals surface area contributed by atoms with E-state index in [9.17, 15) is 0 Å². The van der Waals surface area contributed by atoms with E-state index < -0.39 is 0 Å². The minimum absolute atomic E-state index is 0.976. The first-order valence-corrected chi connectivity index (χ1v) is 8.07. The molecule has 2 rings (SSSR count). The number of aryl methyl sites for hydroxylation is 2. The lowest BCUT2D eigenvalue weighted by Gasteiger charge is -2.34. The summed E-state index contributed by atoms with van der Waals surface area (Å²) in [6.07, 6.45) is 5.45. The van der Waals surface area contributed by atoms with E-state index in [1.54, 1.807) is 0 Å². The van der Waals surface area contributed by atoms with Gasteiger partial charge in [-0.05, 0) is 26.8 Å². The van der Waals surface area contributed by atoms with Gasteiger partial charge < -0.3 is 9.42 Å². The number of rotatable bonds is 7. The van der Waals surface area contributed by atoms with E-state index in [1.807, 2.05) is 13.8 Å². The smallest absolute Gasteiger partial charge is 0.138 e. The van der Waals surface area contributed by atoms with Crippen LogP contribution in [0.3, 0.4) is 0 Å². The van der Waals surface area contributed by atoms with Crippen LogP contribution in [-0.2, 0) is 6.54 Å². The van der Waals surface area contributed by atoms with Crippen molar-refractivity contribution < 1.29 is 4.52 Å². The van der Waals surface area contributed by atoms with Crippen molar-refractivity contribution in [3.63, 3.8) is 0 Å². The monoisotopic (exact) mass is 279 g/mol. The molecule has 0 unspecified atom stereocenters. The van der Waals surface area contributed by atoms with Crippen LogP contribution in [0.2, 0.25) is 0 Å². The highest BCUT2D eigenvalue weighted by atomic mass is 16.5. The van der Waals surface area contributed by atoms with Gasteiger partial charge >= 0.3 is 0 Å². The number of hydrogen-bond donors (Lipinski definition) is 0. The van der Waals surface area contributed by atoms with Crippen molar-refractivity contribution in [2.75, 3.05) is 32.7 Å². The molecule has 0 N–H and O–H groups in total. The van der Waals surface area contributed by atoms with Crippen LogP contribution in [0.1, 0.15) is 49.6 Å². The van der Waals surface area contributed by atoms with E-state index in [1.165, 1.54) is 50.9 Å². The molecule has 0 amide bonds. The molecule has 2 heterocycles. The summed E-state index contributed by atoms with van der Waals surface area (Å²) < 4.78 is 5.25. The summed E-state index contributed by atoms with van der Waals surface area (Å²) in [6.45, 7) is 13.3. The second kappa shape index (κ2) is 7.79. The SMILES string of the molecule is CCCCCCN1CCN(Cc2c(C)noc2C)CC1. The number of unbranched alkanes of at least 4 members (excludes halogenated alkanes) is 3. The maximum atomic E-state index is 5.25. The molecular weight excluding hydrogens is 250 g/mol. The Morgan fingerprint density at radius 2 is 1.70 bits per heavy atom. The first-order chi connectivity index (χ1) is 9.70. The zero-order chi connectivity index (χ0) is 14.4. The zero-order valence-corrected chi connectivity index (χ0v) is 13.3. The van der Waals surface area contributed by atoms with Crippen molar-refractivity contribution in [2.24, 2.45) is 0 Å². The molecule has 0 spiro atoms.